The highest BCUT2D eigenvalue weighted by Gasteiger charge is 2.24. The zero-order chi connectivity index (χ0) is 14.4. The Hall–Kier alpha value is -1.35. The fourth-order valence-electron chi connectivity index (χ4n) is 2.97. The Morgan fingerprint density at radius 1 is 1.30 bits per heavy atom. The van der Waals surface area contributed by atoms with Gasteiger partial charge in [0.25, 0.3) is 0 Å². The molecule has 1 aromatic carbocycles. The van der Waals surface area contributed by atoms with Crippen LogP contribution in [-0.2, 0) is 4.79 Å². The lowest BCUT2D eigenvalue weighted by molar-refractivity contribution is -0.122. The monoisotopic (exact) mass is 274 g/mol. The minimum atomic E-state index is 0.148. The summed E-state index contributed by atoms with van der Waals surface area (Å²) in [6, 6.07) is 10.5. The molecule has 1 aromatic rings. The molecule has 1 aliphatic carbocycles. The van der Waals surface area contributed by atoms with Crippen molar-refractivity contribution in [2.45, 2.75) is 51.0 Å². The highest BCUT2D eigenvalue weighted by molar-refractivity contribution is 5.76. The number of carbonyl (C=O) groups excluding carboxylic acids is 1. The summed E-state index contributed by atoms with van der Waals surface area (Å²) < 4.78 is 0. The van der Waals surface area contributed by atoms with Gasteiger partial charge in [0, 0.05) is 19.0 Å². The zero-order valence-corrected chi connectivity index (χ0v) is 12.3. The van der Waals surface area contributed by atoms with Crippen LogP contribution in [0.25, 0.3) is 0 Å². The van der Waals surface area contributed by atoms with Crippen LogP contribution in [-0.4, -0.2) is 18.5 Å². The van der Waals surface area contributed by atoms with E-state index in [1.807, 2.05) is 18.2 Å². The quantitative estimate of drug-likeness (QED) is 0.867. The molecular formula is C17H26N2O. The molecule has 0 heterocycles. The SMILES string of the molecule is CC(CNC(=O)CC1CCCCC1N)c1ccccc1. The van der Waals surface area contributed by atoms with Crippen molar-refractivity contribution in [2.75, 3.05) is 6.54 Å². The van der Waals surface area contributed by atoms with Crippen molar-refractivity contribution >= 4 is 5.91 Å². The standard InChI is InChI=1S/C17H26N2O/c1-13(14-7-3-2-4-8-14)12-19-17(20)11-15-9-5-6-10-16(15)18/h2-4,7-8,13,15-16H,5-6,9-12,18H2,1H3,(H,19,20). The van der Waals surface area contributed by atoms with Gasteiger partial charge in [-0.25, -0.2) is 0 Å². The number of nitrogens with one attached hydrogen (secondary N) is 1. The summed E-state index contributed by atoms with van der Waals surface area (Å²) in [4.78, 5) is 12.0. The van der Waals surface area contributed by atoms with Crippen LogP contribution in [0, 0.1) is 5.92 Å². The fraction of sp³-hybridized carbons (Fsp3) is 0.588. The maximum atomic E-state index is 12.0. The van der Waals surface area contributed by atoms with E-state index in [0.29, 0.717) is 24.8 Å². The molecule has 0 saturated heterocycles. The lowest BCUT2D eigenvalue weighted by Gasteiger charge is -2.28. The van der Waals surface area contributed by atoms with Crippen LogP contribution in [0.2, 0.25) is 0 Å². The molecule has 0 radical (unpaired) electrons. The van der Waals surface area contributed by atoms with Crippen molar-refractivity contribution in [2.24, 2.45) is 11.7 Å². The summed E-state index contributed by atoms with van der Waals surface area (Å²) in [6.07, 6.45) is 5.18. The number of hydrogen-bond donors (Lipinski definition) is 2. The van der Waals surface area contributed by atoms with Gasteiger partial charge in [0.05, 0.1) is 0 Å². The van der Waals surface area contributed by atoms with Gasteiger partial charge in [0.2, 0.25) is 5.91 Å². The zero-order valence-electron chi connectivity index (χ0n) is 12.3. The number of amides is 1. The van der Waals surface area contributed by atoms with Crippen LogP contribution in [0.1, 0.15) is 50.5 Å². The third-order valence-corrected chi connectivity index (χ3v) is 4.39. The Morgan fingerprint density at radius 3 is 2.70 bits per heavy atom. The Morgan fingerprint density at radius 2 is 2.00 bits per heavy atom. The van der Waals surface area contributed by atoms with Crippen molar-refractivity contribution in [1.82, 2.24) is 5.32 Å². The van der Waals surface area contributed by atoms with Crippen molar-refractivity contribution in [3.63, 3.8) is 0 Å². The maximum Gasteiger partial charge on any atom is 0.220 e. The summed E-state index contributed by atoms with van der Waals surface area (Å²) in [7, 11) is 0. The Kier molecular flexibility index (Phi) is 5.60. The predicted molar refractivity (Wildman–Crippen MR) is 82.4 cm³/mol. The van der Waals surface area contributed by atoms with Crippen LogP contribution in [0.3, 0.4) is 0 Å². The van der Waals surface area contributed by atoms with Gasteiger partial charge in [-0.2, -0.15) is 0 Å². The molecule has 0 aromatic heterocycles. The molecule has 0 bridgehead atoms. The molecular weight excluding hydrogens is 248 g/mol. The fourth-order valence-corrected chi connectivity index (χ4v) is 2.97. The lowest BCUT2D eigenvalue weighted by Crippen LogP contribution is -2.37. The van der Waals surface area contributed by atoms with Crippen molar-refractivity contribution in [3.05, 3.63) is 35.9 Å². The minimum Gasteiger partial charge on any atom is -0.355 e. The second-order valence-corrected chi connectivity index (χ2v) is 6.03. The number of nitrogens with two attached hydrogens (primary N) is 1. The average molecular weight is 274 g/mol. The van der Waals surface area contributed by atoms with Crippen LogP contribution < -0.4 is 11.1 Å². The van der Waals surface area contributed by atoms with Crippen LogP contribution in [0.15, 0.2) is 30.3 Å². The molecule has 0 aliphatic heterocycles. The highest BCUT2D eigenvalue weighted by atomic mass is 16.1. The maximum absolute atomic E-state index is 12.0. The topological polar surface area (TPSA) is 55.1 Å². The van der Waals surface area contributed by atoms with E-state index in [-0.39, 0.29) is 11.9 Å². The molecule has 2 rings (SSSR count). The van der Waals surface area contributed by atoms with Gasteiger partial charge in [-0.15, -0.1) is 0 Å². The molecule has 110 valence electrons. The summed E-state index contributed by atoms with van der Waals surface area (Å²) in [5.41, 5.74) is 7.36. The predicted octanol–water partition coefficient (Wildman–Crippen LogP) is 2.81. The van der Waals surface area contributed by atoms with E-state index in [1.165, 1.54) is 18.4 Å². The number of rotatable bonds is 5. The molecule has 3 unspecified atom stereocenters. The Labute approximate surface area is 121 Å². The van der Waals surface area contributed by atoms with Crippen molar-refractivity contribution < 1.29 is 4.79 Å². The highest BCUT2D eigenvalue weighted by Crippen LogP contribution is 2.25. The second kappa shape index (κ2) is 7.44. The molecule has 3 nitrogen and oxygen atoms in total. The molecule has 3 N–H and O–H groups in total. The molecule has 1 aliphatic rings. The number of hydrogen-bond acceptors (Lipinski definition) is 2. The van der Waals surface area contributed by atoms with E-state index < -0.39 is 0 Å². The Balaban J connectivity index is 1.74. The van der Waals surface area contributed by atoms with Gasteiger partial charge in [0.15, 0.2) is 0 Å². The molecule has 1 fully saturated rings. The first kappa shape index (κ1) is 15.0. The normalized spacial score (nSPS) is 24.1. The smallest absolute Gasteiger partial charge is 0.220 e. The molecule has 1 amide bonds. The summed E-state index contributed by atoms with van der Waals surface area (Å²) in [6.45, 7) is 2.84. The summed E-state index contributed by atoms with van der Waals surface area (Å²) >= 11 is 0. The molecule has 3 atom stereocenters. The molecule has 0 spiro atoms. The molecule has 3 heteroatoms. The van der Waals surface area contributed by atoms with Crippen LogP contribution >= 0.6 is 0 Å². The first-order chi connectivity index (χ1) is 9.66. The summed E-state index contributed by atoms with van der Waals surface area (Å²) in [5, 5.41) is 3.05. The first-order valence-electron chi connectivity index (χ1n) is 7.74. The van der Waals surface area contributed by atoms with Gasteiger partial charge in [-0.3, -0.25) is 4.79 Å². The average Bonchev–Trinajstić information content (AvgIpc) is 2.48. The van der Waals surface area contributed by atoms with E-state index in [9.17, 15) is 4.79 Å². The van der Waals surface area contributed by atoms with Crippen molar-refractivity contribution in [3.8, 4) is 0 Å². The van der Waals surface area contributed by atoms with E-state index in [2.05, 4.69) is 24.4 Å². The summed E-state index contributed by atoms with van der Waals surface area (Å²) in [5.74, 6) is 0.867. The van der Waals surface area contributed by atoms with Gasteiger partial charge < -0.3 is 11.1 Å². The van der Waals surface area contributed by atoms with E-state index in [4.69, 9.17) is 5.73 Å². The number of benzene rings is 1. The third-order valence-electron chi connectivity index (χ3n) is 4.39. The van der Waals surface area contributed by atoms with Gasteiger partial charge in [-0.05, 0) is 30.2 Å². The van der Waals surface area contributed by atoms with Gasteiger partial charge in [-0.1, -0.05) is 50.1 Å². The van der Waals surface area contributed by atoms with Gasteiger partial charge in [0.1, 0.15) is 0 Å². The second-order valence-electron chi connectivity index (χ2n) is 6.03. The molecule has 1 saturated carbocycles. The number of carbonyl (C=O) groups is 1. The largest absolute Gasteiger partial charge is 0.355 e. The van der Waals surface area contributed by atoms with Crippen LogP contribution in [0.4, 0.5) is 0 Å². The van der Waals surface area contributed by atoms with E-state index >= 15 is 0 Å². The van der Waals surface area contributed by atoms with Crippen LogP contribution in [0.5, 0.6) is 0 Å². The van der Waals surface area contributed by atoms with E-state index in [1.54, 1.807) is 0 Å². The Bertz CT molecular complexity index is 418. The van der Waals surface area contributed by atoms with E-state index in [0.717, 1.165) is 12.8 Å². The lowest BCUT2D eigenvalue weighted by atomic mass is 9.83. The first-order valence-corrected chi connectivity index (χ1v) is 7.74. The minimum absolute atomic E-state index is 0.148. The van der Waals surface area contributed by atoms with Crippen molar-refractivity contribution in [1.29, 1.82) is 0 Å². The molecule has 20 heavy (non-hydrogen) atoms. The van der Waals surface area contributed by atoms with Gasteiger partial charge >= 0.3 is 0 Å². The third kappa shape index (κ3) is 4.34.